The van der Waals surface area contributed by atoms with Gasteiger partial charge in [0.2, 0.25) is 5.95 Å². The summed E-state index contributed by atoms with van der Waals surface area (Å²) in [7, 11) is 3.26. The van der Waals surface area contributed by atoms with Crippen molar-refractivity contribution in [1.82, 2.24) is 14.9 Å². The molecule has 0 unspecified atom stereocenters. The summed E-state index contributed by atoms with van der Waals surface area (Å²) in [6.45, 7) is 4.20. The van der Waals surface area contributed by atoms with Gasteiger partial charge in [-0.3, -0.25) is 4.90 Å². The summed E-state index contributed by atoms with van der Waals surface area (Å²) >= 11 is 0. The van der Waals surface area contributed by atoms with Crippen LogP contribution in [0.2, 0.25) is 0 Å². The van der Waals surface area contributed by atoms with Gasteiger partial charge in [-0.1, -0.05) is 30.3 Å². The van der Waals surface area contributed by atoms with Gasteiger partial charge in [-0.15, -0.1) is 0 Å². The number of nitrogens with zero attached hydrogens (tertiary/aromatic N) is 3. The number of hydrogen-bond acceptors (Lipinski definition) is 8. The summed E-state index contributed by atoms with van der Waals surface area (Å²) < 4.78 is 11.0. The smallest absolute Gasteiger partial charge is 0.225 e. The first-order chi connectivity index (χ1) is 15.7. The molecule has 1 saturated heterocycles. The molecular formula is C24H32N6O2. The first-order valence-corrected chi connectivity index (χ1v) is 11.1. The van der Waals surface area contributed by atoms with Crippen molar-refractivity contribution in [2.75, 3.05) is 51.0 Å². The molecule has 8 heteroatoms. The molecule has 2 heterocycles. The van der Waals surface area contributed by atoms with Gasteiger partial charge in [0.05, 0.1) is 19.7 Å². The van der Waals surface area contributed by atoms with Gasteiger partial charge >= 0.3 is 0 Å². The number of aromatic nitrogens is 2. The molecular weight excluding hydrogens is 404 g/mol. The Bertz CT molecular complexity index is 1020. The van der Waals surface area contributed by atoms with Crippen LogP contribution in [0.1, 0.15) is 18.4 Å². The Labute approximate surface area is 189 Å². The Balaban J connectivity index is 1.52. The number of nitrogens with one attached hydrogen (secondary N) is 2. The number of nitrogens with two attached hydrogens (primary N) is 1. The summed E-state index contributed by atoms with van der Waals surface area (Å²) in [4.78, 5) is 11.9. The van der Waals surface area contributed by atoms with Crippen molar-refractivity contribution < 1.29 is 9.47 Å². The number of fused-ring (bicyclic) bond motifs is 1. The van der Waals surface area contributed by atoms with Crippen molar-refractivity contribution >= 4 is 22.7 Å². The molecule has 0 aliphatic carbocycles. The third kappa shape index (κ3) is 5.20. The summed E-state index contributed by atoms with van der Waals surface area (Å²) in [6, 6.07) is 14.8. The van der Waals surface area contributed by atoms with E-state index in [1.807, 2.05) is 12.1 Å². The molecule has 0 saturated carbocycles. The molecule has 170 valence electrons. The van der Waals surface area contributed by atoms with Crippen LogP contribution in [0, 0.1) is 0 Å². The van der Waals surface area contributed by atoms with Crippen LogP contribution in [-0.4, -0.2) is 61.3 Å². The molecule has 1 aliphatic heterocycles. The van der Waals surface area contributed by atoms with Gasteiger partial charge in [0.1, 0.15) is 5.82 Å². The largest absolute Gasteiger partial charge is 0.493 e. The summed E-state index contributed by atoms with van der Waals surface area (Å²) in [5, 5.41) is 7.78. The Morgan fingerprint density at radius 3 is 2.44 bits per heavy atom. The van der Waals surface area contributed by atoms with E-state index in [0.717, 1.165) is 49.2 Å². The van der Waals surface area contributed by atoms with Crippen molar-refractivity contribution in [2.24, 2.45) is 5.73 Å². The van der Waals surface area contributed by atoms with Gasteiger partial charge in [-0.05, 0) is 24.5 Å². The summed E-state index contributed by atoms with van der Waals surface area (Å²) in [6.07, 6.45) is 2.11. The lowest BCUT2D eigenvalue weighted by Crippen LogP contribution is -2.38. The first kappa shape index (κ1) is 22.1. The van der Waals surface area contributed by atoms with Crippen molar-refractivity contribution in [1.29, 1.82) is 0 Å². The minimum Gasteiger partial charge on any atom is -0.493 e. The van der Waals surface area contributed by atoms with E-state index < -0.39 is 0 Å². The second kappa shape index (κ2) is 10.5. The third-order valence-corrected chi connectivity index (χ3v) is 5.81. The third-order valence-electron chi connectivity index (χ3n) is 5.81. The van der Waals surface area contributed by atoms with Gasteiger partial charge in [0.15, 0.2) is 11.5 Å². The maximum Gasteiger partial charge on any atom is 0.225 e. The van der Waals surface area contributed by atoms with Crippen molar-refractivity contribution in [3.05, 3.63) is 48.0 Å². The van der Waals surface area contributed by atoms with Crippen molar-refractivity contribution in [3.63, 3.8) is 0 Å². The monoisotopic (exact) mass is 436 g/mol. The van der Waals surface area contributed by atoms with Gasteiger partial charge in [0, 0.05) is 50.2 Å². The van der Waals surface area contributed by atoms with E-state index in [1.165, 1.54) is 5.56 Å². The first-order valence-electron chi connectivity index (χ1n) is 11.1. The van der Waals surface area contributed by atoms with Crippen LogP contribution in [0.15, 0.2) is 42.5 Å². The standard InChI is InChI=1S/C24H32N6O2/c1-31-21-14-19-20(15-22(21)32-2)28-24(26-11-10-25)29-23(19)27-18-8-12-30(13-9-18)16-17-6-4-3-5-7-17/h3-7,14-15,18H,8-13,16,25H2,1-2H3,(H2,26,27,28,29). The highest BCUT2D eigenvalue weighted by Gasteiger charge is 2.21. The van der Waals surface area contributed by atoms with E-state index in [-0.39, 0.29) is 0 Å². The highest BCUT2D eigenvalue weighted by molar-refractivity contribution is 5.92. The Morgan fingerprint density at radius 1 is 1.03 bits per heavy atom. The Kier molecular flexibility index (Phi) is 7.24. The molecule has 0 radical (unpaired) electrons. The lowest BCUT2D eigenvalue weighted by molar-refractivity contribution is 0.211. The molecule has 8 nitrogen and oxygen atoms in total. The lowest BCUT2D eigenvalue weighted by Gasteiger charge is -2.32. The maximum atomic E-state index is 5.65. The van der Waals surface area contributed by atoms with Crippen LogP contribution < -0.4 is 25.8 Å². The predicted octanol–water partition coefficient (Wildman–Crippen LogP) is 3.09. The van der Waals surface area contributed by atoms with Gasteiger partial charge in [0.25, 0.3) is 0 Å². The fourth-order valence-corrected chi connectivity index (χ4v) is 4.10. The number of hydrogen-bond donors (Lipinski definition) is 3. The Hall–Kier alpha value is -3.10. The zero-order chi connectivity index (χ0) is 22.3. The zero-order valence-corrected chi connectivity index (χ0v) is 18.8. The normalized spacial score (nSPS) is 15.0. The second-order valence-electron chi connectivity index (χ2n) is 8.02. The average Bonchev–Trinajstić information content (AvgIpc) is 2.83. The predicted molar refractivity (Wildman–Crippen MR) is 129 cm³/mol. The van der Waals surface area contributed by atoms with Gasteiger partial charge in [-0.25, -0.2) is 4.98 Å². The van der Waals surface area contributed by atoms with Crippen LogP contribution in [0.25, 0.3) is 10.9 Å². The molecule has 4 N–H and O–H groups in total. The lowest BCUT2D eigenvalue weighted by atomic mass is 10.0. The molecule has 2 aromatic carbocycles. The fourth-order valence-electron chi connectivity index (χ4n) is 4.10. The molecule has 1 aromatic heterocycles. The fraction of sp³-hybridized carbons (Fsp3) is 0.417. The van der Waals surface area contributed by atoms with E-state index >= 15 is 0 Å². The zero-order valence-electron chi connectivity index (χ0n) is 18.8. The molecule has 0 atom stereocenters. The van der Waals surface area contributed by atoms with Crippen LogP contribution in [0.5, 0.6) is 11.5 Å². The second-order valence-corrected chi connectivity index (χ2v) is 8.02. The molecule has 0 amide bonds. The molecule has 32 heavy (non-hydrogen) atoms. The molecule has 0 bridgehead atoms. The van der Waals surface area contributed by atoms with E-state index in [1.54, 1.807) is 14.2 Å². The number of anilines is 2. The quantitative estimate of drug-likeness (QED) is 0.471. The molecule has 1 fully saturated rings. The average molecular weight is 437 g/mol. The molecule has 1 aliphatic rings. The molecule has 4 rings (SSSR count). The highest BCUT2D eigenvalue weighted by Crippen LogP contribution is 2.35. The van der Waals surface area contributed by atoms with E-state index in [0.29, 0.717) is 36.6 Å². The maximum absolute atomic E-state index is 5.65. The molecule has 3 aromatic rings. The number of benzene rings is 2. The number of rotatable bonds is 9. The van der Waals surface area contributed by atoms with Crippen LogP contribution in [0.4, 0.5) is 11.8 Å². The number of ether oxygens (including phenoxy) is 2. The number of piperidine rings is 1. The van der Waals surface area contributed by atoms with Crippen LogP contribution in [0.3, 0.4) is 0 Å². The minimum absolute atomic E-state index is 0.343. The topological polar surface area (TPSA) is 97.6 Å². The van der Waals surface area contributed by atoms with Crippen molar-refractivity contribution in [3.8, 4) is 11.5 Å². The van der Waals surface area contributed by atoms with Gasteiger partial charge in [-0.2, -0.15) is 4.98 Å². The number of methoxy groups -OCH3 is 2. The highest BCUT2D eigenvalue weighted by atomic mass is 16.5. The number of likely N-dealkylation sites (tertiary alicyclic amines) is 1. The van der Waals surface area contributed by atoms with E-state index in [9.17, 15) is 0 Å². The van der Waals surface area contributed by atoms with Crippen LogP contribution in [-0.2, 0) is 6.54 Å². The van der Waals surface area contributed by atoms with E-state index in [2.05, 4.69) is 50.8 Å². The summed E-state index contributed by atoms with van der Waals surface area (Å²) in [5.41, 5.74) is 7.80. The van der Waals surface area contributed by atoms with E-state index in [4.69, 9.17) is 20.2 Å². The Morgan fingerprint density at radius 2 is 1.75 bits per heavy atom. The van der Waals surface area contributed by atoms with Crippen molar-refractivity contribution in [2.45, 2.75) is 25.4 Å². The summed E-state index contributed by atoms with van der Waals surface area (Å²) in [5.74, 6) is 2.66. The minimum atomic E-state index is 0.343. The molecule has 0 spiro atoms. The SMILES string of the molecule is COc1cc2nc(NCCN)nc(NC3CCN(Cc4ccccc4)CC3)c2cc1OC. The van der Waals surface area contributed by atoms with Gasteiger partial charge < -0.3 is 25.8 Å². The van der Waals surface area contributed by atoms with Crippen LogP contribution >= 0.6 is 0 Å².